The number of hydrogen-bond donors (Lipinski definition) is 0. The molecule has 0 unspecified atom stereocenters. The lowest BCUT2D eigenvalue weighted by molar-refractivity contribution is 1.12. The van der Waals surface area contributed by atoms with E-state index in [4.69, 9.17) is 0 Å². The van der Waals surface area contributed by atoms with Gasteiger partial charge in [0.15, 0.2) is 0 Å². The second kappa shape index (κ2) is 3.10. The van der Waals surface area contributed by atoms with E-state index < -0.39 is 0 Å². The third-order valence-corrected chi connectivity index (χ3v) is 1.53. The van der Waals surface area contributed by atoms with Gasteiger partial charge in [0.25, 0.3) is 0 Å². The van der Waals surface area contributed by atoms with Crippen molar-refractivity contribution < 1.29 is 0 Å². The Bertz CT molecular complexity index is 191. The molecule has 0 heterocycles. The first-order valence-electron chi connectivity index (χ1n) is 2.73. The van der Waals surface area contributed by atoms with Gasteiger partial charge in [-0.25, -0.2) is 0 Å². The lowest BCUT2D eigenvalue weighted by Crippen LogP contribution is -1.70. The maximum absolute atomic E-state index is 3.83. The van der Waals surface area contributed by atoms with Gasteiger partial charge >= 0.3 is 0 Å². The van der Waals surface area contributed by atoms with Crippen molar-refractivity contribution in [1.29, 1.82) is 0 Å². The summed E-state index contributed by atoms with van der Waals surface area (Å²) in [5.41, 5.74) is 2.65. The van der Waals surface area contributed by atoms with E-state index in [2.05, 4.69) is 20.6 Å². The van der Waals surface area contributed by atoms with Crippen molar-refractivity contribution in [2.24, 2.45) is 8.44 Å². The summed E-state index contributed by atoms with van der Waals surface area (Å²) in [6.07, 6.45) is 4.20. The van der Waals surface area contributed by atoms with Crippen LogP contribution in [-0.4, -0.2) is 6.54 Å². The van der Waals surface area contributed by atoms with E-state index in [1.807, 2.05) is 29.8 Å². The molecule has 2 nitrogen and oxygen atoms in total. The van der Waals surface area contributed by atoms with E-state index in [-0.39, 0.29) is 0 Å². The summed E-state index contributed by atoms with van der Waals surface area (Å²) in [4.78, 5) is 0. The number of allylic oxidation sites excluding steroid dienone is 2. The highest BCUT2D eigenvalue weighted by Gasteiger charge is 2.12. The molecule has 0 atom stereocenters. The van der Waals surface area contributed by atoms with Crippen LogP contribution in [0, 0.1) is 0 Å². The highest BCUT2D eigenvalue weighted by molar-refractivity contribution is 14.1. The SMILES string of the molecule is C/C=C1C=C\1CN=NI. The van der Waals surface area contributed by atoms with Crippen molar-refractivity contribution in [2.75, 3.05) is 6.54 Å². The van der Waals surface area contributed by atoms with Gasteiger partial charge in [0.05, 0.1) is 6.54 Å². The zero-order valence-electron chi connectivity index (χ0n) is 5.13. The molecule has 0 amide bonds. The molecular weight excluding hydrogens is 227 g/mol. The maximum atomic E-state index is 3.83. The van der Waals surface area contributed by atoms with Crippen LogP contribution in [0.2, 0.25) is 0 Å². The van der Waals surface area contributed by atoms with Crippen molar-refractivity contribution in [3.63, 3.8) is 0 Å². The van der Waals surface area contributed by atoms with Crippen LogP contribution in [0.3, 0.4) is 0 Å². The topological polar surface area (TPSA) is 24.7 Å². The normalized spacial score (nSPS) is 21.1. The van der Waals surface area contributed by atoms with Crippen LogP contribution in [0.15, 0.2) is 31.7 Å². The zero-order valence-corrected chi connectivity index (χ0v) is 7.29. The van der Waals surface area contributed by atoms with E-state index in [1.165, 1.54) is 11.1 Å². The molecule has 0 aromatic heterocycles. The van der Waals surface area contributed by atoms with E-state index in [0.29, 0.717) is 0 Å². The van der Waals surface area contributed by atoms with Gasteiger partial charge in [-0.1, -0.05) is 6.08 Å². The van der Waals surface area contributed by atoms with Gasteiger partial charge in [-0.3, -0.25) is 0 Å². The Morgan fingerprint density at radius 1 is 1.78 bits per heavy atom. The van der Waals surface area contributed by atoms with Crippen molar-refractivity contribution in [3.8, 4) is 0 Å². The minimum absolute atomic E-state index is 0.753. The third-order valence-electron chi connectivity index (χ3n) is 1.22. The smallest absolute Gasteiger partial charge is 0.111 e. The van der Waals surface area contributed by atoms with Crippen LogP contribution < -0.4 is 0 Å². The Morgan fingerprint density at radius 2 is 2.56 bits per heavy atom. The monoisotopic (exact) mass is 234 g/mol. The van der Waals surface area contributed by atoms with Crippen LogP contribution in [0.25, 0.3) is 0 Å². The average molecular weight is 234 g/mol. The molecule has 0 fully saturated rings. The summed E-state index contributed by atoms with van der Waals surface area (Å²) in [6, 6.07) is 0. The number of nitrogens with zero attached hydrogens (tertiary/aromatic N) is 2. The van der Waals surface area contributed by atoms with Crippen LogP contribution in [-0.2, 0) is 0 Å². The highest BCUT2D eigenvalue weighted by atomic mass is 127. The molecule has 0 radical (unpaired) electrons. The van der Waals surface area contributed by atoms with Gasteiger partial charge in [0, 0.05) is 0 Å². The molecule has 48 valence electrons. The number of rotatable bonds is 2. The van der Waals surface area contributed by atoms with Crippen LogP contribution in [0.4, 0.5) is 0 Å². The fourth-order valence-electron chi connectivity index (χ4n) is 0.660. The Kier molecular flexibility index (Phi) is 2.38. The van der Waals surface area contributed by atoms with Crippen molar-refractivity contribution in [2.45, 2.75) is 6.92 Å². The Labute approximate surface area is 68.2 Å². The van der Waals surface area contributed by atoms with Crippen LogP contribution >= 0.6 is 22.9 Å². The standard InChI is InChI=1S/C6H7IN2/c1-2-5-3-6(5)4-8-9-7/h2-3H,4H2,1H3/b5-2+,9-8?. The molecular formula is C6H7IN2. The van der Waals surface area contributed by atoms with Gasteiger partial charge in [-0.15, -0.1) is 3.33 Å². The molecule has 0 N–H and O–H groups in total. The fourth-order valence-corrected chi connectivity index (χ4v) is 0.813. The summed E-state index contributed by atoms with van der Waals surface area (Å²) < 4.78 is 3.61. The Hall–Kier alpha value is -0.190. The van der Waals surface area contributed by atoms with E-state index in [0.717, 1.165) is 6.54 Å². The summed E-state index contributed by atoms with van der Waals surface area (Å²) in [5.74, 6) is 0. The first kappa shape index (κ1) is 6.92. The molecule has 3 heteroatoms. The van der Waals surface area contributed by atoms with Gasteiger partial charge in [-0.2, -0.15) is 5.11 Å². The van der Waals surface area contributed by atoms with Gasteiger partial charge in [0.2, 0.25) is 0 Å². The Morgan fingerprint density at radius 3 is 3.00 bits per heavy atom. The highest BCUT2D eigenvalue weighted by Crippen LogP contribution is 2.27. The molecule has 0 aromatic carbocycles. The van der Waals surface area contributed by atoms with E-state index in [1.54, 1.807) is 0 Å². The number of halogens is 1. The molecule has 0 aliphatic heterocycles. The molecule has 0 bridgehead atoms. The molecule has 1 aliphatic rings. The molecule has 0 saturated carbocycles. The first-order chi connectivity index (χ1) is 4.38. The average Bonchev–Trinajstić information content (AvgIpc) is 2.62. The molecule has 1 rings (SSSR count). The molecule has 0 aromatic rings. The fraction of sp³-hybridized carbons (Fsp3) is 0.333. The van der Waals surface area contributed by atoms with E-state index >= 15 is 0 Å². The minimum atomic E-state index is 0.753. The van der Waals surface area contributed by atoms with Gasteiger partial charge in [-0.05, 0) is 24.1 Å². The number of hydrogen-bond acceptors (Lipinski definition) is 2. The molecule has 1 aliphatic carbocycles. The largest absolute Gasteiger partial charge is 0.179 e. The van der Waals surface area contributed by atoms with Crippen LogP contribution in [0.5, 0.6) is 0 Å². The lowest BCUT2D eigenvalue weighted by Gasteiger charge is -1.78. The van der Waals surface area contributed by atoms with Gasteiger partial charge < -0.3 is 0 Å². The van der Waals surface area contributed by atoms with Crippen molar-refractivity contribution >= 4 is 22.9 Å². The Balaban J connectivity index is 2.27. The maximum Gasteiger partial charge on any atom is 0.111 e. The second-order valence-electron chi connectivity index (χ2n) is 1.79. The summed E-state index contributed by atoms with van der Waals surface area (Å²) in [5, 5.41) is 3.83. The zero-order chi connectivity index (χ0) is 6.69. The summed E-state index contributed by atoms with van der Waals surface area (Å²) >= 11 is 1.88. The summed E-state index contributed by atoms with van der Waals surface area (Å²) in [7, 11) is 0. The van der Waals surface area contributed by atoms with Crippen molar-refractivity contribution in [1.82, 2.24) is 0 Å². The first-order valence-corrected chi connectivity index (χ1v) is 3.70. The summed E-state index contributed by atoms with van der Waals surface area (Å²) in [6.45, 7) is 2.78. The predicted molar refractivity (Wildman–Crippen MR) is 45.6 cm³/mol. The van der Waals surface area contributed by atoms with Gasteiger partial charge in [0.1, 0.15) is 22.9 Å². The second-order valence-corrected chi connectivity index (χ2v) is 2.22. The minimum Gasteiger partial charge on any atom is -0.179 e. The molecule has 0 saturated heterocycles. The van der Waals surface area contributed by atoms with Crippen LogP contribution in [0.1, 0.15) is 6.92 Å². The third kappa shape index (κ3) is 1.89. The quantitative estimate of drug-likeness (QED) is 0.518. The molecule has 9 heavy (non-hydrogen) atoms. The lowest BCUT2D eigenvalue weighted by atomic mass is 10.4. The predicted octanol–water partition coefficient (Wildman–Crippen LogP) is 2.67. The van der Waals surface area contributed by atoms with E-state index in [9.17, 15) is 0 Å². The van der Waals surface area contributed by atoms with Crippen molar-refractivity contribution in [3.05, 3.63) is 23.3 Å². The molecule has 0 spiro atoms.